The van der Waals surface area contributed by atoms with Gasteiger partial charge in [0.1, 0.15) is 0 Å². The molecule has 4 rings (SSSR count). The number of carbonyl (C=O) groups excluding carboxylic acids is 1. The van der Waals surface area contributed by atoms with E-state index in [1.165, 1.54) is 22.7 Å². The summed E-state index contributed by atoms with van der Waals surface area (Å²) in [5.74, 6) is -0.190. The average molecular weight is 461 g/mol. The van der Waals surface area contributed by atoms with E-state index in [9.17, 15) is 4.79 Å². The van der Waals surface area contributed by atoms with Crippen LogP contribution in [0.5, 0.6) is 0 Å². The lowest BCUT2D eigenvalue weighted by Gasteiger charge is -2.03. The number of hydrogen-bond acceptors (Lipinski definition) is 6. The van der Waals surface area contributed by atoms with Crippen molar-refractivity contribution < 1.29 is 4.79 Å². The molecule has 29 heavy (non-hydrogen) atoms. The Morgan fingerprint density at radius 1 is 1.00 bits per heavy atom. The van der Waals surface area contributed by atoms with Gasteiger partial charge in [0.15, 0.2) is 10.3 Å². The molecule has 4 aromatic rings. The van der Waals surface area contributed by atoms with Crippen LogP contribution in [0, 0.1) is 6.92 Å². The largest absolute Gasteiger partial charge is 0.331 e. The van der Waals surface area contributed by atoms with E-state index in [0.29, 0.717) is 25.9 Å². The van der Waals surface area contributed by atoms with Gasteiger partial charge in [0.25, 0.3) is 5.91 Å². The second-order valence-corrected chi connectivity index (χ2v) is 8.80. The van der Waals surface area contributed by atoms with Crippen molar-refractivity contribution in [2.75, 3.05) is 10.6 Å². The van der Waals surface area contributed by atoms with Crippen molar-refractivity contribution in [1.82, 2.24) is 9.97 Å². The number of amides is 1. The molecule has 0 unspecified atom stereocenters. The van der Waals surface area contributed by atoms with Crippen LogP contribution in [0.4, 0.5) is 16.0 Å². The molecule has 5 nitrogen and oxygen atoms in total. The van der Waals surface area contributed by atoms with Crippen molar-refractivity contribution in [1.29, 1.82) is 0 Å². The molecule has 0 aliphatic heterocycles. The Bertz CT molecular complexity index is 1150. The van der Waals surface area contributed by atoms with Gasteiger partial charge in [-0.2, -0.15) is 0 Å². The fourth-order valence-corrected chi connectivity index (χ4v) is 4.88. The predicted octanol–water partition coefficient (Wildman–Crippen LogP) is 6.88. The van der Waals surface area contributed by atoms with Crippen LogP contribution >= 0.6 is 45.9 Å². The molecule has 0 spiro atoms. The molecule has 0 atom stereocenters. The molecule has 2 N–H and O–H groups in total. The standard InChI is InChI=1S/C20H14Cl2N4OS2/c1-11-17(29-20(23-11)26-18(27)12-5-3-2-4-6-12)16-10-28-19(25-16)24-15-8-13(21)7-14(22)9-15/h2-10H,1H3,(H,24,25)(H,23,26,27). The fourth-order valence-electron chi connectivity index (χ4n) is 2.63. The number of aromatic nitrogens is 2. The molecule has 0 saturated heterocycles. The van der Waals surface area contributed by atoms with Gasteiger partial charge in [0.2, 0.25) is 0 Å². The van der Waals surface area contributed by atoms with E-state index in [4.69, 9.17) is 23.2 Å². The molecule has 0 radical (unpaired) electrons. The molecule has 0 bridgehead atoms. The Morgan fingerprint density at radius 2 is 1.72 bits per heavy atom. The Hall–Kier alpha value is -2.45. The minimum absolute atomic E-state index is 0.190. The van der Waals surface area contributed by atoms with Crippen LogP contribution in [0.25, 0.3) is 10.6 Å². The predicted molar refractivity (Wildman–Crippen MR) is 122 cm³/mol. The molecule has 0 fully saturated rings. The monoisotopic (exact) mass is 460 g/mol. The van der Waals surface area contributed by atoms with E-state index >= 15 is 0 Å². The number of halogens is 2. The van der Waals surface area contributed by atoms with Gasteiger partial charge >= 0.3 is 0 Å². The Balaban J connectivity index is 1.51. The molecular weight excluding hydrogens is 447 g/mol. The molecular formula is C20H14Cl2N4OS2. The van der Waals surface area contributed by atoms with Gasteiger partial charge in [0.05, 0.1) is 16.3 Å². The van der Waals surface area contributed by atoms with Gasteiger partial charge in [-0.15, -0.1) is 11.3 Å². The zero-order chi connectivity index (χ0) is 20.4. The van der Waals surface area contributed by atoms with Crippen molar-refractivity contribution in [2.45, 2.75) is 6.92 Å². The lowest BCUT2D eigenvalue weighted by atomic mass is 10.2. The second-order valence-electron chi connectivity index (χ2n) is 6.07. The lowest BCUT2D eigenvalue weighted by Crippen LogP contribution is -2.11. The molecule has 0 aliphatic rings. The Morgan fingerprint density at radius 3 is 2.45 bits per heavy atom. The first-order chi connectivity index (χ1) is 14.0. The van der Waals surface area contributed by atoms with E-state index in [1.54, 1.807) is 30.3 Å². The van der Waals surface area contributed by atoms with E-state index in [1.807, 2.05) is 30.5 Å². The third kappa shape index (κ3) is 4.76. The van der Waals surface area contributed by atoms with E-state index < -0.39 is 0 Å². The number of thiazole rings is 2. The molecule has 0 aliphatic carbocycles. The number of aryl methyl sites for hydroxylation is 1. The first-order valence-electron chi connectivity index (χ1n) is 8.51. The first-order valence-corrected chi connectivity index (χ1v) is 11.0. The van der Waals surface area contributed by atoms with Gasteiger partial charge in [-0.1, -0.05) is 52.7 Å². The maximum absolute atomic E-state index is 12.3. The fraction of sp³-hybridized carbons (Fsp3) is 0.0500. The molecule has 2 heterocycles. The van der Waals surface area contributed by atoms with Gasteiger partial charge in [-0.05, 0) is 37.3 Å². The molecule has 2 aromatic heterocycles. The Labute approximate surface area is 185 Å². The van der Waals surface area contributed by atoms with Crippen molar-refractivity contribution in [3.05, 3.63) is 75.2 Å². The highest BCUT2D eigenvalue weighted by Gasteiger charge is 2.15. The van der Waals surface area contributed by atoms with Gasteiger partial charge in [-0.25, -0.2) is 9.97 Å². The minimum Gasteiger partial charge on any atom is -0.331 e. The lowest BCUT2D eigenvalue weighted by molar-refractivity contribution is 0.102. The summed E-state index contributed by atoms with van der Waals surface area (Å²) < 4.78 is 0. The number of carbonyl (C=O) groups is 1. The smallest absolute Gasteiger partial charge is 0.257 e. The summed E-state index contributed by atoms with van der Waals surface area (Å²) >= 11 is 14.9. The summed E-state index contributed by atoms with van der Waals surface area (Å²) in [6.45, 7) is 1.90. The van der Waals surface area contributed by atoms with Crippen LogP contribution in [-0.2, 0) is 0 Å². The summed E-state index contributed by atoms with van der Waals surface area (Å²) in [6, 6.07) is 14.3. The summed E-state index contributed by atoms with van der Waals surface area (Å²) in [7, 11) is 0. The van der Waals surface area contributed by atoms with Crippen LogP contribution in [-0.4, -0.2) is 15.9 Å². The van der Waals surface area contributed by atoms with Crippen molar-refractivity contribution >= 4 is 67.7 Å². The third-order valence-corrected chi connectivity index (χ3v) is 6.19. The quantitative estimate of drug-likeness (QED) is 0.340. The van der Waals surface area contributed by atoms with Crippen LogP contribution in [0.2, 0.25) is 10.0 Å². The maximum atomic E-state index is 12.3. The summed E-state index contributed by atoms with van der Waals surface area (Å²) in [6.07, 6.45) is 0. The third-order valence-electron chi connectivity index (χ3n) is 3.90. The van der Waals surface area contributed by atoms with E-state index in [0.717, 1.165) is 22.0 Å². The van der Waals surface area contributed by atoms with Crippen LogP contribution in [0.3, 0.4) is 0 Å². The first kappa shape index (κ1) is 19.8. The Kier molecular flexibility index (Phi) is 5.82. The van der Waals surface area contributed by atoms with Gasteiger partial charge in [0, 0.05) is 26.7 Å². The SMILES string of the molecule is Cc1nc(NC(=O)c2ccccc2)sc1-c1csc(Nc2cc(Cl)cc(Cl)c2)n1. The van der Waals surface area contributed by atoms with Crippen LogP contribution in [0.1, 0.15) is 16.1 Å². The second kappa shape index (κ2) is 8.51. The number of nitrogens with one attached hydrogen (secondary N) is 2. The minimum atomic E-state index is -0.190. The average Bonchev–Trinajstić information content (AvgIpc) is 3.27. The molecule has 2 aromatic carbocycles. The molecule has 146 valence electrons. The van der Waals surface area contributed by atoms with E-state index in [2.05, 4.69) is 20.6 Å². The van der Waals surface area contributed by atoms with E-state index in [-0.39, 0.29) is 5.91 Å². The highest BCUT2D eigenvalue weighted by molar-refractivity contribution is 7.20. The molecule has 0 saturated carbocycles. The normalized spacial score (nSPS) is 10.7. The van der Waals surface area contributed by atoms with Gasteiger partial charge < -0.3 is 5.32 Å². The topological polar surface area (TPSA) is 66.9 Å². The summed E-state index contributed by atoms with van der Waals surface area (Å²) in [5.41, 5.74) is 2.95. The number of anilines is 3. The highest BCUT2D eigenvalue weighted by atomic mass is 35.5. The number of nitrogens with zero attached hydrogens (tertiary/aromatic N) is 2. The summed E-state index contributed by atoms with van der Waals surface area (Å²) in [5, 5.41) is 10.3. The number of benzene rings is 2. The van der Waals surface area contributed by atoms with Crippen molar-refractivity contribution in [2.24, 2.45) is 0 Å². The maximum Gasteiger partial charge on any atom is 0.257 e. The number of rotatable bonds is 5. The van der Waals surface area contributed by atoms with Crippen LogP contribution in [0.15, 0.2) is 53.9 Å². The number of hydrogen-bond donors (Lipinski definition) is 2. The van der Waals surface area contributed by atoms with Crippen molar-refractivity contribution in [3.8, 4) is 10.6 Å². The van der Waals surface area contributed by atoms with Gasteiger partial charge in [-0.3, -0.25) is 10.1 Å². The molecule has 9 heteroatoms. The summed E-state index contributed by atoms with van der Waals surface area (Å²) in [4.78, 5) is 22.3. The highest BCUT2D eigenvalue weighted by Crippen LogP contribution is 2.35. The van der Waals surface area contributed by atoms with Crippen LogP contribution < -0.4 is 10.6 Å². The molecule has 1 amide bonds. The van der Waals surface area contributed by atoms with Crippen molar-refractivity contribution in [3.63, 3.8) is 0 Å². The zero-order valence-electron chi connectivity index (χ0n) is 15.1. The zero-order valence-corrected chi connectivity index (χ0v) is 18.2.